The summed E-state index contributed by atoms with van der Waals surface area (Å²) in [6, 6.07) is 2.45. The van der Waals surface area contributed by atoms with Crippen molar-refractivity contribution in [2.45, 2.75) is 52.5 Å². The van der Waals surface area contributed by atoms with Crippen molar-refractivity contribution in [3.05, 3.63) is 21.4 Å². The first-order valence-corrected chi connectivity index (χ1v) is 7.29. The van der Waals surface area contributed by atoms with Crippen LogP contribution in [-0.4, -0.2) is 5.84 Å². The van der Waals surface area contributed by atoms with Gasteiger partial charge in [-0.1, -0.05) is 12.8 Å². The Morgan fingerprint density at radius 1 is 1.41 bits per heavy atom. The molecule has 0 bridgehead atoms. The molecular weight excluding hydrogens is 228 g/mol. The number of aliphatic imine (C=N–C) groups is 1. The number of rotatable bonds is 3. The molecule has 2 nitrogen and oxygen atoms in total. The van der Waals surface area contributed by atoms with Crippen molar-refractivity contribution in [2.75, 3.05) is 0 Å². The Hall–Kier alpha value is -0.830. The molecule has 1 aliphatic carbocycles. The normalized spacial score (nSPS) is 19.8. The molecule has 1 atom stereocenters. The summed E-state index contributed by atoms with van der Waals surface area (Å²) in [6.45, 7) is 6.47. The van der Waals surface area contributed by atoms with E-state index in [2.05, 4.69) is 26.8 Å². The number of nitrogens with two attached hydrogens (primary N) is 1. The molecule has 1 fully saturated rings. The minimum absolute atomic E-state index is 0.209. The molecule has 17 heavy (non-hydrogen) atoms. The van der Waals surface area contributed by atoms with Gasteiger partial charge in [0.05, 0.1) is 11.9 Å². The van der Waals surface area contributed by atoms with Gasteiger partial charge in [0, 0.05) is 15.7 Å². The highest BCUT2D eigenvalue weighted by molar-refractivity contribution is 7.12. The van der Waals surface area contributed by atoms with Gasteiger partial charge in [-0.3, -0.25) is 4.99 Å². The lowest BCUT2D eigenvalue weighted by Crippen LogP contribution is -2.22. The summed E-state index contributed by atoms with van der Waals surface area (Å²) in [7, 11) is 0. The molecule has 2 N–H and O–H groups in total. The molecule has 1 heterocycles. The number of amidine groups is 1. The highest BCUT2D eigenvalue weighted by Gasteiger charge is 2.20. The van der Waals surface area contributed by atoms with E-state index in [-0.39, 0.29) is 6.04 Å². The molecule has 1 aromatic heterocycles. The summed E-state index contributed by atoms with van der Waals surface area (Å²) >= 11 is 1.85. The number of thiophene rings is 1. The van der Waals surface area contributed by atoms with Gasteiger partial charge < -0.3 is 5.73 Å². The third-order valence-electron chi connectivity index (χ3n) is 3.65. The third kappa shape index (κ3) is 2.89. The van der Waals surface area contributed by atoms with Crippen LogP contribution >= 0.6 is 11.3 Å². The number of nitrogens with zero attached hydrogens (tertiary/aromatic N) is 1. The standard InChI is InChI=1S/C14H22N2S/c1-9-8-13(11(3)17-9)10(2)16-14(15)12-6-4-5-7-12/h8,10,12H,4-7H2,1-3H3,(H2,15,16). The smallest absolute Gasteiger partial charge is 0.0975 e. The Morgan fingerprint density at radius 3 is 2.59 bits per heavy atom. The highest BCUT2D eigenvalue weighted by atomic mass is 32.1. The summed E-state index contributed by atoms with van der Waals surface area (Å²) in [6.07, 6.45) is 5.07. The quantitative estimate of drug-likeness (QED) is 0.639. The molecule has 3 heteroatoms. The molecule has 94 valence electrons. The highest BCUT2D eigenvalue weighted by Crippen LogP contribution is 2.30. The van der Waals surface area contributed by atoms with E-state index >= 15 is 0 Å². The first-order chi connectivity index (χ1) is 8.08. The lowest BCUT2D eigenvalue weighted by atomic mass is 10.1. The second kappa shape index (κ2) is 5.21. The van der Waals surface area contributed by atoms with Crippen LogP contribution in [0.4, 0.5) is 0 Å². The van der Waals surface area contributed by atoms with E-state index in [1.807, 2.05) is 11.3 Å². The van der Waals surface area contributed by atoms with Crippen molar-refractivity contribution >= 4 is 17.2 Å². The third-order valence-corrected chi connectivity index (χ3v) is 4.63. The van der Waals surface area contributed by atoms with Crippen LogP contribution < -0.4 is 5.73 Å². The van der Waals surface area contributed by atoms with Gasteiger partial charge in [-0.2, -0.15) is 0 Å². The van der Waals surface area contributed by atoms with E-state index in [4.69, 9.17) is 10.7 Å². The van der Waals surface area contributed by atoms with Gasteiger partial charge >= 0.3 is 0 Å². The van der Waals surface area contributed by atoms with Crippen LogP contribution in [-0.2, 0) is 0 Å². The summed E-state index contributed by atoms with van der Waals surface area (Å²) in [5.74, 6) is 1.41. The van der Waals surface area contributed by atoms with E-state index < -0.39 is 0 Å². The Bertz CT molecular complexity index is 414. The minimum Gasteiger partial charge on any atom is -0.387 e. The molecule has 0 radical (unpaired) electrons. The number of aryl methyl sites for hydroxylation is 2. The minimum atomic E-state index is 0.209. The molecule has 1 aliphatic rings. The Kier molecular flexibility index (Phi) is 3.87. The van der Waals surface area contributed by atoms with Crippen LogP contribution in [0.3, 0.4) is 0 Å². The molecule has 0 aliphatic heterocycles. The predicted octanol–water partition coefficient (Wildman–Crippen LogP) is 3.97. The largest absolute Gasteiger partial charge is 0.387 e. The van der Waals surface area contributed by atoms with Crippen LogP contribution in [0.15, 0.2) is 11.1 Å². The van der Waals surface area contributed by atoms with Crippen molar-refractivity contribution in [1.82, 2.24) is 0 Å². The fourth-order valence-electron chi connectivity index (χ4n) is 2.69. The van der Waals surface area contributed by atoms with E-state index in [0.29, 0.717) is 5.92 Å². The second-order valence-corrected chi connectivity index (χ2v) is 6.54. The van der Waals surface area contributed by atoms with E-state index in [1.54, 1.807) is 0 Å². The van der Waals surface area contributed by atoms with Crippen molar-refractivity contribution in [3.63, 3.8) is 0 Å². The molecule has 2 rings (SSSR count). The Balaban J connectivity index is 2.12. The second-order valence-electron chi connectivity index (χ2n) is 5.08. The molecule has 0 amide bonds. The van der Waals surface area contributed by atoms with Crippen molar-refractivity contribution in [1.29, 1.82) is 0 Å². The average molecular weight is 250 g/mol. The summed E-state index contributed by atoms with van der Waals surface area (Å²) in [4.78, 5) is 7.44. The van der Waals surface area contributed by atoms with Crippen molar-refractivity contribution < 1.29 is 0 Å². The fraction of sp³-hybridized carbons (Fsp3) is 0.643. The zero-order chi connectivity index (χ0) is 12.4. The first-order valence-electron chi connectivity index (χ1n) is 6.48. The lowest BCUT2D eigenvalue weighted by Gasteiger charge is -2.12. The molecule has 0 spiro atoms. The maximum Gasteiger partial charge on any atom is 0.0975 e. The van der Waals surface area contributed by atoms with E-state index in [1.165, 1.54) is 41.0 Å². The van der Waals surface area contributed by atoms with Gasteiger partial charge in [-0.05, 0) is 45.2 Å². The van der Waals surface area contributed by atoms with E-state index in [9.17, 15) is 0 Å². The molecule has 1 unspecified atom stereocenters. The predicted molar refractivity (Wildman–Crippen MR) is 75.8 cm³/mol. The zero-order valence-corrected chi connectivity index (χ0v) is 11.8. The maximum atomic E-state index is 6.13. The topological polar surface area (TPSA) is 38.4 Å². The van der Waals surface area contributed by atoms with Crippen LogP contribution in [0.5, 0.6) is 0 Å². The van der Waals surface area contributed by atoms with E-state index in [0.717, 1.165) is 5.84 Å². The first kappa shape index (κ1) is 12.6. The molecular formula is C14H22N2S. The SMILES string of the molecule is Cc1cc(C(C)N=C(N)C2CCCC2)c(C)s1. The van der Waals surface area contributed by atoms with Crippen molar-refractivity contribution in [2.24, 2.45) is 16.6 Å². The van der Waals surface area contributed by atoms with Crippen molar-refractivity contribution in [3.8, 4) is 0 Å². The maximum absolute atomic E-state index is 6.13. The van der Waals surface area contributed by atoms with Crippen LogP contribution in [0.2, 0.25) is 0 Å². The Morgan fingerprint density at radius 2 is 2.06 bits per heavy atom. The number of hydrogen-bond donors (Lipinski definition) is 1. The fourth-order valence-corrected chi connectivity index (χ4v) is 3.70. The average Bonchev–Trinajstić information content (AvgIpc) is 2.87. The van der Waals surface area contributed by atoms with Gasteiger partial charge in [0.2, 0.25) is 0 Å². The van der Waals surface area contributed by atoms with Gasteiger partial charge in [-0.15, -0.1) is 11.3 Å². The molecule has 1 aromatic rings. The monoisotopic (exact) mass is 250 g/mol. The lowest BCUT2D eigenvalue weighted by molar-refractivity contribution is 0.699. The Labute approximate surface area is 108 Å². The van der Waals surface area contributed by atoms with Gasteiger partial charge in [0.15, 0.2) is 0 Å². The zero-order valence-electron chi connectivity index (χ0n) is 11.0. The molecule has 0 saturated heterocycles. The van der Waals surface area contributed by atoms with Gasteiger partial charge in [0.1, 0.15) is 0 Å². The summed E-state index contributed by atoms with van der Waals surface area (Å²) < 4.78 is 0. The van der Waals surface area contributed by atoms with Crippen LogP contribution in [0, 0.1) is 19.8 Å². The van der Waals surface area contributed by atoms with Gasteiger partial charge in [-0.25, -0.2) is 0 Å². The van der Waals surface area contributed by atoms with Gasteiger partial charge in [0.25, 0.3) is 0 Å². The van der Waals surface area contributed by atoms with Crippen LogP contribution in [0.1, 0.15) is 54.0 Å². The number of hydrogen-bond acceptors (Lipinski definition) is 2. The molecule has 0 aromatic carbocycles. The summed E-state index contributed by atoms with van der Waals surface area (Å²) in [5, 5.41) is 0. The van der Waals surface area contributed by atoms with Crippen LogP contribution in [0.25, 0.3) is 0 Å². The summed E-state index contributed by atoms with van der Waals surface area (Å²) in [5.41, 5.74) is 7.47. The molecule has 1 saturated carbocycles.